The van der Waals surface area contributed by atoms with Crippen LogP contribution in [0.15, 0.2) is 0 Å². The van der Waals surface area contributed by atoms with E-state index < -0.39 is 12.0 Å². The van der Waals surface area contributed by atoms with E-state index in [4.69, 9.17) is 0 Å². The molecule has 1 heterocycles. The molecule has 0 radical (unpaired) electrons. The number of hydrogen-bond acceptors (Lipinski definition) is 2. The normalized spacial score (nSPS) is 12.1. The number of alkyl halides is 3. The van der Waals surface area contributed by atoms with Gasteiger partial charge < -0.3 is 0 Å². The van der Waals surface area contributed by atoms with Crippen LogP contribution in [0.25, 0.3) is 0 Å². The van der Waals surface area contributed by atoms with E-state index in [2.05, 4.69) is 10.1 Å². The molecule has 1 rings (SSSR count). The zero-order valence-electron chi connectivity index (χ0n) is 5.03. The second kappa shape index (κ2) is 2.29. The summed E-state index contributed by atoms with van der Waals surface area (Å²) in [5.74, 6) is -1.05. The van der Waals surface area contributed by atoms with Crippen LogP contribution in [0.3, 0.4) is 0 Å². The molecule has 10 heavy (non-hydrogen) atoms. The molecule has 0 aromatic carbocycles. The van der Waals surface area contributed by atoms with Gasteiger partial charge in [0.2, 0.25) is 0 Å². The average molecular weight is 143 g/mol. The Morgan fingerprint density at radius 1 is 1.40 bits per heavy atom. The number of aromatic amines is 1. The van der Waals surface area contributed by atoms with Crippen molar-refractivity contribution < 1.29 is 13.2 Å². The molecule has 0 bridgehead atoms. The minimum atomic E-state index is -4.42. The van der Waals surface area contributed by atoms with Crippen LogP contribution in [-0.4, -0.2) is 32.9 Å². The van der Waals surface area contributed by atoms with Gasteiger partial charge in [0.05, 0.1) is 0 Å². The van der Waals surface area contributed by atoms with Crippen molar-refractivity contribution in [3.63, 3.8) is 0 Å². The maximum absolute atomic E-state index is 11.7. The number of hydrogen-bond donors (Lipinski definition) is 1. The second-order valence-corrected chi connectivity index (χ2v) is 1.73. The Hall–Kier alpha value is -0.473. The van der Waals surface area contributed by atoms with Crippen molar-refractivity contribution in [1.29, 1.82) is 0 Å². The Labute approximate surface area is 63.2 Å². The number of aromatic nitrogens is 3. The monoisotopic (exact) mass is 143 g/mol. The van der Waals surface area contributed by atoms with Crippen LogP contribution >= 0.6 is 0 Å². The van der Waals surface area contributed by atoms with Gasteiger partial charge in [-0.1, -0.05) is 0 Å². The summed E-state index contributed by atoms with van der Waals surface area (Å²) >= 11 is 1.38. The summed E-state index contributed by atoms with van der Waals surface area (Å²) in [4.78, 5) is 3.09. The zero-order valence-corrected chi connectivity index (χ0v) is 5.03. The van der Waals surface area contributed by atoms with E-state index >= 15 is 0 Å². The summed E-state index contributed by atoms with van der Waals surface area (Å²) < 4.78 is 35.1. The number of nitrogens with one attached hydrogen (secondary N) is 1. The number of H-pyrrole nitrogens is 1. The molecule has 0 atom stereocenters. The van der Waals surface area contributed by atoms with Crippen molar-refractivity contribution in [2.45, 2.75) is 6.18 Å². The van der Waals surface area contributed by atoms with Gasteiger partial charge in [-0.05, 0) is 0 Å². The van der Waals surface area contributed by atoms with Crippen LogP contribution in [0.4, 0.5) is 13.2 Å². The molecule has 0 saturated carbocycles. The van der Waals surface area contributed by atoms with E-state index in [9.17, 15) is 13.2 Å². The summed E-state index contributed by atoms with van der Waals surface area (Å²) in [7, 11) is 0. The van der Waals surface area contributed by atoms with Crippen LogP contribution < -0.4 is 4.50 Å². The third-order valence-electron chi connectivity index (χ3n) is 0.866. The van der Waals surface area contributed by atoms with Crippen LogP contribution in [-0.2, 0) is 6.18 Å². The van der Waals surface area contributed by atoms with Gasteiger partial charge in [-0.2, -0.15) is 0 Å². The summed E-state index contributed by atoms with van der Waals surface area (Å²) in [6.07, 6.45) is -4.42. The zero-order chi connectivity index (χ0) is 7.78. The molecule has 0 fully saturated rings. The molecule has 3 nitrogen and oxygen atoms in total. The summed E-state index contributed by atoms with van der Waals surface area (Å²) in [6, 6.07) is 0. The topological polar surface area (TPSA) is 41.6 Å². The molecule has 0 aliphatic carbocycles. The first kappa shape index (κ1) is 7.63. The van der Waals surface area contributed by atoms with E-state index in [1.54, 1.807) is 5.10 Å². The Balaban J connectivity index is 2.96. The predicted molar refractivity (Wildman–Crippen MR) is 26.8 cm³/mol. The first-order chi connectivity index (χ1) is 4.50. The fourth-order valence-corrected chi connectivity index (χ4v) is 0.472. The van der Waals surface area contributed by atoms with Gasteiger partial charge >= 0.3 is 62.6 Å². The Kier molecular flexibility index (Phi) is 1.75. The molecule has 0 saturated heterocycles. The third kappa shape index (κ3) is 1.52. The number of nitrogens with zero attached hydrogens (tertiary/aromatic N) is 2. The Morgan fingerprint density at radius 2 is 2.00 bits per heavy atom. The fraction of sp³-hybridized carbons (Fsp3) is 0.333. The van der Waals surface area contributed by atoms with Gasteiger partial charge in [-0.3, -0.25) is 0 Å². The Morgan fingerprint density at radius 3 is 2.20 bits per heavy atom. The predicted octanol–water partition coefficient (Wildman–Crippen LogP) is -0.383. The van der Waals surface area contributed by atoms with E-state index in [0.717, 1.165) is 0 Å². The van der Waals surface area contributed by atoms with Crippen LogP contribution in [0.2, 0.25) is 0 Å². The third-order valence-corrected chi connectivity index (χ3v) is 0.866. The SMILES string of the molecule is [Li][c]1n[nH]c(C(F)(F)F)n1. The molecule has 0 aliphatic heterocycles. The average Bonchev–Trinajstić information content (AvgIpc) is 2.11. The maximum atomic E-state index is 11.7. The van der Waals surface area contributed by atoms with Gasteiger partial charge in [0.1, 0.15) is 0 Å². The van der Waals surface area contributed by atoms with Gasteiger partial charge in [0, 0.05) is 0 Å². The molecular weight excluding hydrogens is 142 g/mol. The van der Waals surface area contributed by atoms with Crippen molar-refractivity contribution >= 4 is 22.2 Å². The summed E-state index contributed by atoms with van der Waals surface area (Å²) in [5, 5.41) is 4.99. The quantitative estimate of drug-likeness (QED) is 0.503. The van der Waals surface area contributed by atoms with Gasteiger partial charge in [-0.25, -0.2) is 0 Å². The first-order valence-electron chi connectivity index (χ1n) is 2.46. The first-order valence-corrected chi connectivity index (χ1v) is 2.46. The van der Waals surface area contributed by atoms with E-state index in [-0.39, 0.29) is 4.50 Å². The number of halogens is 3. The van der Waals surface area contributed by atoms with Crippen molar-refractivity contribution in [1.82, 2.24) is 15.2 Å². The second-order valence-electron chi connectivity index (χ2n) is 1.73. The van der Waals surface area contributed by atoms with E-state index in [1.165, 1.54) is 17.7 Å². The molecule has 0 spiro atoms. The molecule has 0 unspecified atom stereocenters. The van der Waals surface area contributed by atoms with Crippen molar-refractivity contribution in [3.8, 4) is 0 Å². The summed E-state index contributed by atoms with van der Waals surface area (Å²) in [6.45, 7) is 0. The molecule has 7 heteroatoms. The van der Waals surface area contributed by atoms with Crippen molar-refractivity contribution in [3.05, 3.63) is 5.82 Å². The molecule has 0 amide bonds. The summed E-state index contributed by atoms with van der Waals surface area (Å²) in [5.41, 5.74) is 0. The van der Waals surface area contributed by atoms with Gasteiger partial charge in [-0.15, -0.1) is 0 Å². The number of rotatable bonds is 0. The standard InChI is InChI=1S/C3HF3N3.Li/c4-3(5,6)2-7-1-8-9-2;/h(H,7,8,9);. The van der Waals surface area contributed by atoms with Crippen molar-refractivity contribution in [2.24, 2.45) is 0 Å². The van der Waals surface area contributed by atoms with Crippen LogP contribution in [0.1, 0.15) is 5.82 Å². The molecule has 1 aromatic heterocycles. The molecular formula is C3HF3LiN3. The Bertz CT molecular complexity index is 229. The van der Waals surface area contributed by atoms with Gasteiger partial charge in [0.15, 0.2) is 0 Å². The van der Waals surface area contributed by atoms with E-state index in [0.29, 0.717) is 0 Å². The minimum absolute atomic E-state index is 0.0901. The molecule has 0 aliphatic rings. The van der Waals surface area contributed by atoms with Crippen LogP contribution in [0.5, 0.6) is 0 Å². The van der Waals surface area contributed by atoms with Crippen molar-refractivity contribution in [2.75, 3.05) is 0 Å². The van der Waals surface area contributed by atoms with Gasteiger partial charge in [0.25, 0.3) is 0 Å². The van der Waals surface area contributed by atoms with E-state index in [1.807, 2.05) is 0 Å². The molecule has 1 N–H and O–H groups in total. The molecule has 1 aromatic rings. The fourth-order valence-electron chi connectivity index (χ4n) is 0.472. The molecule has 50 valence electrons. The van der Waals surface area contributed by atoms with Crippen LogP contribution in [0, 0.1) is 0 Å².